The van der Waals surface area contributed by atoms with E-state index in [1.165, 1.54) is 0 Å². The summed E-state index contributed by atoms with van der Waals surface area (Å²) in [6, 6.07) is 17.8. The molecule has 1 atom stereocenters. The highest BCUT2D eigenvalue weighted by Gasteiger charge is 2.15. The highest BCUT2D eigenvalue weighted by molar-refractivity contribution is 5.91. The van der Waals surface area contributed by atoms with E-state index in [0.29, 0.717) is 18.1 Å². The quantitative estimate of drug-likeness (QED) is 0.559. The van der Waals surface area contributed by atoms with Crippen molar-refractivity contribution < 1.29 is 9.53 Å². The summed E-state index contributed by atoms with van der Waals surface area (Å²) in [7, 11) is 0. The zero-order valence-electron chi connectivity index (χ0n) is 13.9. The molecular formula is C20H25NO2. The van der Waals surface area contributed by atoms with Gasteiger partial charge < -0.3 is 10.1 Å². The number of carbonyl (C=O) groups excluding carboxylic acids is 1. The molecule has 3 nitrogen and oxygen atoms in total. The fraction of sp³-hybridized carbons (Fsp3) is 0.350. The van der Waals surface area contributed by atoms with Gasteiger partial charge in [-0.3, -0.25) is 0 Å². The molecule has 122 valence electrons. The number of benzene rings is 2. The summed E-state index contributed by atoms with van der Waals surface area (Å²) in [6.07, 6.45) is 1.79. The first-order chi connectivity index (χ1) is 11.2. The molecular weight excluding hydrogens is 286 g/mol. The molecule has 1 unspecified atom stereocenters. The minimum atomic E-state index is -0.222. The monoisotopic (exact) mass is 311 g/mol. The number of carbonyl (C=O) groups is 1. The molecule has 0 fully saturated rings. The minimum Gasteiger partial charge on any atom is -0.462 e. The smallest absolute Gasteiger partial charge is 0.338 e. The number of hydrogen-bond donors (Lipinski definition) is 1. The van der Waals surface area contributed by atoms with Gasteiger partial charge in [-0.25, -0.2) is 4.79 Å². The average molecular weight is 311 g/mol. The van der Waals surface area contributed by atoms with E-state index in [0.717, 1.165) is 30.6 Å². The standard InChI is InChI=1S/C20H25NO2/c1-3-16(2)18-12-7-8-13-19(18)20(22)23-15-9-14-21-17-10-5-4-6-11-17/h4-8,10-13,16,21H,3,9,14-15H2,1-2H3. The summed E-state index contributed by atoms with van der Waals surface area (Å²) in [6.45, 7) is 5.47. The van der Waals surface area contributed by atoms with Gasteiger partial charge in [-0.2, -0.15) is 0 Å². The van der Waals surface area contributed by atoms with Gasteiger partial charge in [-0.15, -0.1) is 0 Å². The minimum absolute atomic E-state index is 0.222. The Labute approximate surface area is 138 Å². The molecule has 23 heavy (non-hydrogen) atoms. The van der Waals surface area contributed by atoms with Crippen LogP contribution in [0.3, 0.4) is 0 Å². The predicted octanol–water partition coefficient (Wildman–Crippen LogP) is 4.86. The van der Waals surface area contributed by atoms with Crippen molar-refractivity contribution in [2.24, 2.45) is 0 Å². The van der Waals surface area contributed by atoms with Crippen molar-refractivity contribution in [2.75, 3.05) is 18.5 Å². The molecule has 0 aliphatic carbocycles. The van der Waals surface area contributed by atoms with Crippen LogP contribution >= 0.6 is 0 Å². The number of hydrogen-bond acceptors (Lipinski definition) is 3. The third-order valence-electron chi connectivity index (χ3n) is 3.98. The van der Waals surface area contributed by atoms with Crippen LogP contribution < -0.4 is 5.32 Å². The van der Waals surface area contributed by atoms with E-state index >= 15 is 0 Å². The topological polar surface area (TPSA) is 38.3 Å². The summed E-state index contributed by atoms with van der Waals surface area (Å²) in [5.74, 6) is 0.138. The number of esters is 1. The van der Waals surface area contributed by atoms with Crippen molar-refractivity contribution in [1.82, 2.24) is 0 Å². The van der Waals surface area contributed by atoms with E-state index in [1.54, 1.807) is 0 Å². The molecule has 1 N–H and O–H groups in total. The van der Waals surface area contributed by atoms with Crippen LogP contribution in [0.25, 0.3) is 0 Å². The van der Waals surface area contributed by atoms with Gasteiger partial charge in [0.25, 0.3) is 0 Å². The molecule has 2 rings (SSSR count). The second kappa shape index (κ2) is 8.99. The molecule has 0 radical (unpaired) electrons. The SMILES string of the molecule is CCC(C)c1ccccc1C(=O)OCCCNc1ccccc1. The Bertz CT molecular complexity index is 610. The van der Waals surface area contributed by atoms with Crippen molar-refractivity contribution in [3.63, 3.8) is 0 Å². The largest absolute Gasteiger partial charge is 0.462 e. The van der Waals surface area contributed by atoms with Crippen molar-refractivity contribution >= 4 is 11.7 Å². The van der Waals surface area contributed by atoms with Gasteiger partial charge in [-0.05, 0) is 42.5 Å². The summed E-state index contributed by atoms with van der Waals surface area (Å²) < 4.78 is 5.42. The van der Waals surface area contributed by atoms with Gasteiger partial charge in [0.15, 0.2) is 0 Å². The highest BCUT2D eigenvalue weighted by atomic mass is 16.5. The lowest BCUT2D eigenvalue weighted by Gasteiger charge is -2.14. The number of para-hydroxylation sites is 1. The van der Waals surface area contributed by atoms with Gasteiger partial charge in [-0.1, -0.05) is 50.2 Å². The van der Waals surface area contributed by atoms with Crippen LogP contribution in [0.2, 0.25) is 0 Å². The van der Waals surface area contributed by atoms with Crippen LogP contribution in [0.15, 0.2) is 54.6 Å². The van der Waals surface area contributed by atoms with E-state index < -0.39 is 0 Å². The molecule has 0 spiro atoms. The summed E-state index contributed by atoms with van der Waals surface area (Å²) in [4.78, 5) is 12.3. The van der Waals surface area contributed by atoms with Crippen LogP contribution in [0, 0.1) is 0 Å². The van der Waals surface area contributed by atoms with Crippen molar-refractivity contribution in [3.05, 3.63) is 65.7 Å². The van der Waals surface area contributed by atoms with Crippen molar-refractivity contribution in [1.29, 1.82) is 0 Å². The third kappa shape index (κ3) is 5.13. The van der Waals surface area contributed by atoms with Gasteiger partial charge in [0, 0.05) is 12.2 Å². The molecule has 0 aliphatic heterocycles. The predicted molar refractivity (Wildman–Crippen MR) is 95.0 cm³/mol. The van der Waals surface area contributed by atoms with Crippen LogP contribution in [-0.4, -0.2) is 19.1 Å². The number of ether oxygens (including phenoxy) is 1. The van der Waals surface area contributed by atoms with Crippen LogP contribution in [-0.2, 0) is 4.74 Å². The Hall–Kier alpha value is -2.29. The number of anilines is 1. The normalized spacial score (nSPS) is 11.7. The second-order valence-corrected chi connectivity index (χ2v) is 5.68. The molecule has 2 aromatic rings. The fourth-order valence-corrected chi connectivity index (χ4v) is 2.44. The molecule has 0 saturated heterocycles. The van der Waals surface area contributed by atoms with Gasteiger partial charge in [0.2, 0.25) is 0 Å². The molecule has 0 heterocycles. The Morgan fingerprint density at radius 1 is 1.09 bits per heavy atom. The Balaban J connectivity index is 1.79. The zero-order chi connectivity index (χ0) is 16.5. The van der Waals surface area contributed by atoms with Crippen LogP contribution in [0.4, 0.5) is 5.69 Å². The van der Waals surface area contributed by atoms with Crippen LogP contribution in [0.1, 0.15) is 48.5 Å². The van der Waals surface area contributed by atoms with Gasteiger partial charge in [0.05, 0.1) is 12.2 Å². The van der Waals surface area contributed by atoms with Crippen LogP contribution in [0.5, 0.6) is 0 Å². The lowest BCUT2D eigenvalue weighted by Crippen LogP contribution is -2.12. The lowest BCUT2D eigenvalue weighted by molar-refractivity contribution is 0.0502. The molecule has 0 aliphatic rings. The van der Waals surface area contributed by atoms with E-state index in [-0.39, 0.29) is 5.97 Å². The van der Waals surface area contributed by atoms with Crippen molar-refractivity contribution in [3.8, 4) is 0 Å². The average Bonchev–Trinajstić information content (AvgIpc) is 2.61. The first-order valence-corrected chi connectivity index (χ1v) is 8.27. The Morgan fingerprint density at radius 3 is 2.52 bits per heavy atom. The summed E-state index contributed by atoms with van der Waals surface area (Å²) in [5, 5.41) is 3.31. The number of rotatable bonds is 8. The highest BCUT2D eigenvalue weighted by Crippen LogP contribution is 2.23. The van der Waals surface area contributed by atoms with Gasteiger partial charge in [0.1, 0.15) is 0 Å². The molecule has 3 heteroatoms. The molecule has 0 aromatic heterocycles. The summed E-state index contributed by atoms with van der Waals surface area (Å²) in [5.41, 5.74) is 2.85. The number of nitrogens with one attached hydrogen (secondary N) is 1. The van der Waals surface area contributed by atoms with E-state index in [9.17, 15) is 4.79 Å². The lowest BCUT2D eigenvalue weighted by atomic mass is 9.94. The maximum absolute atomic E-state index is 12.3. The summed E-state index contributed by atoms with van der Waals surface area (Å²) >= 11 is 0. The molecule has 0 bridgehead atoms. The van der Waals surface area contributed by atoms with E-state index in [4.69, 9.17) is 4.74 Å². The van der Waals surface area contributed by atoms with Gasteiger partial charge >= 0.3 is 5.97 Å². The maximum atomic E-state index is 12.3. The molecule has 2 aromatic carbocycles. The molecule has 0 amide bonds. The zero-order valence-corrected chi connectivity index (χ0v) is 13.9. The first-order valence-electron chi connectivity index (χ1n) is 8.27. The second-order valence-electron chi connectivity index (χ2n) is 5.68. The Morgan fingerprint density at radius 2 is 1.78 bits per heavy atom. The van der Waals surface area contributed by atoms with Crippen molar-refractivity contribution in [2.45, 2.75) is 32.6 Å². The molecule has 0 saturated carbocycles. The third-order valence-corrected chi connectivity index (χ3v) is 3.98. The van der Waals surface area contributed by atoms with E-state index in [1.807, 2.05) is 54.6 Å². The van der Waals surface area contributed by atoms with E-state index in [2.05, 4.69) is 19.2 Å². The fourth-order valence-electron chi connectivity index (χ4n) is 2.44. The Kier molecular flexibility index (Phi) is 6.67. The maximum Gasteiger partial charge on any atom is 0.338 e. The first kappa shape index (κ1) is 17.1.